The van der Waals surface area contributed by atoms with Crippen LogP contribution >= 0.6 is 0 Å². The van der Waals surface area contributed by atoms with Crippen LogP contribution in [0.2, 0.25) is 0 Å². The van der Waals surface area contributed by atoms with Crippen LogP contribution in [0.4, 0.5) is 5.82 Å². The summed E-state index contributed by atoms with van der Waals surface area (Å²) in [6.45, 7) is 13.4. The van der Waals surface area contributed by atoms with Crippen molar-refractivity contribution in [3.63, 3.8) is 0 Å². The van der Waals surface area contributed by atoms with Crippen molar-refractivity contribution in [3.8, 4) is 11.3 Å². The molecule has 2 bridgehead atoms. The van der Waals surface area contributed by atoms with Gasteiger partial charge in [-0.15, -0.1) is 0 Å². The molecule has 3 atom stereocenters. The minimum absolute atomic E-state index is 0.267. The standard InChI is InChI=1S/C30H40N8O/c1-17(2)27-28(22-14-37-30(31-16-32-37)20(5)19(22)4)33-23-8-9-25(34-29(23)27)38-21-12-18(3)24(38)15-36(13-21)26(39)10-11-35(6)7/h8-9,14,16-18,21,24,33H,10-13,15H2,1-7H3/t18-,21+,24+/m0/s1. The molecule has 0 aromatic carbocycles. The molecule has 2 aliphatic rings. The zero-order chi connectivity index (χ0) is 27.6. The second kappa shape index (κ2) is 9.62. The molecule has 0 unspecified atom stereocenters. The molecular formula is C30H40N8O. The van der Waals surface area contributed by atoms with Crippen molar-refractivity contribution in [2.24, 2.45) is 5.92 Å². The molecule has 2 saturated heterocycles. The van der Waals surface area contributed by atoms with E-state index in [2.05, 4.69) is 82.7 Å². The molecule has 1 amide bonds. The van der Waals surface area contributed by atoms with E-state index in [1.807, 2.05) is 18.6 Å². The molecule has 0 saturated carbocycles. The summed E-state index contributed by atoms with van der Waals surface area (Å²) < 4.78 is 1.87. The lowest BCUT2D eigenvalue weighted by Crippen LogP contribution is -2.56. The first-order chi connectivity index (χ1) is 18.6. The third kappa shape index (κ3) is 4.27. The van der Waals surface area contributed by atoms with Crippen LogP contribution in [-0.4, -0.2) is 86.1 Å². The number of hydrogen-bond donors (Lipinski definition) is 1. The summed E-state index contributed by atoms with van der Waals surface area (Å²) >= 11 is 0. The Labute approximate surface area is 230 Å². The van der Waals surface area contributed by atoms with Crippen molar-refractivity contribution in [1.29, 1.82) is 0 Å². The molecule has 9 heteroatoms. The number of anilines is 1. The van der Waals surface area contributed by atoms with E-state index in [0.717, 1.165) is 65.4 Å². The van der Waals surface area contributed by atoms with Gasteiger partial charge in [0.25, 0.3) is 0 Å². The van der Waals surface area contributed by atoms with Crippen LogP contribution in [0.15, 0.2) is 24.7 Å². The molecule has 9 nitrogen and oxygen atoms in total. The van der Waals surface area contributed by atoms with Gasteiger partial charge in [-0.2, -0.15) is 5.10 Å². The van der Waals surface area contributed by atoms with Gasteiger partial charge < -0.3 is 19.7 Å². The van der Waals surface area contributed by atoms with Crippen molar-refractivity contribution in [3.05, 3.63) is 41.3 Å². The number of pyridine rings is 2. The number of nitrogens with zero attached hydrogens (tertiary/aromatic N) is 7. The lowest BCUT2D eigenvalue weighted by atomic mass is 9.95. The predicted molar refractivity (Wildman–Crippen MR) is 155 cm³/mol. The number of carbonyl (C=O) groups is 1. The van der Waals surface area contributed by atoms with Crippen LogP contribution in [-0.2, 0) is 4.79 Å². The number of aromatic nitrogens is 5. The summed E-state index contributed by atoms with van der Waals surface area (Å²) in [4.78, 5) is 33.1. The Balaban J connectivity index is 1.38. The second-order valence-electron chi connectivity index (χ2n) is 12.1. The molecule has 1 N–H and O–H groups in total. The Morgan fingerprint density at radius 1 is 1.18 bits per heavy atom. The first-order valence-electron chi connectivity index (χ1n) is 14.2. The fourth-order valence-corrected chi connectivity index (χ4v) is 6.72. The monoisotopic (exact) mass is 528 g/mol. The number of likely N-dealkylation sites (tertiary alicyclic amines) is 1. The number of rotatable bonds is 6. The van der Waals surface area contributed by atoms with Gasteiger partial charge in [-0.05, 0) is 69.5 Å². The van der Waals surface area contributed by atoms with E-state index in [1.54, 1.807) is 6.33 Å². The summed E-state index contributed by atoms with van der Waals surface area (Å²) in [5.41, 5.74) is 8.77. The maximum atomic E-state index is 13.0. The largest absolute Gasteiger partial charge is 0.353 e. The number of hydrogen-bond acceptors (Lipinski definition) is 6. The van der Waals surface area contributed by atoms with Crippen LogP contribution in [0, 0.1) is 19.8 Å². The smallest absolute Gasteiger partial charge is 0.223 e. The van der Waals surface area contributed by atoms with E-state index >= 15 is 0 Å². The Kier molecular flexibility index (Phi) is 6.37. The lowest BCUT2D eigenvalue weighted by molar-refractivity contribution is -0.132. The number of aryl methyl sites for hydroxylation is 1. The fraction of sp³-hybridized carbons (Fsp3) is 0.533. The number of fused-ring (bicyclic) bond motifs is 4. The molecule has 0 radical (unpaired) electrons. The summed E-state index contributed by atoms with van der Waals surface area (Å²) in [6, 6.07) is 4.93. The minimum atomic E-state index is 0.267. The van der Waals surface area contributed by atoms with E-state index in [4.69, 9.17) is 4.98 Å². The SMILES string of the molecule is Cc1c(-c2[nH]c3ccc(N4[C@@H]5C[C@H](C)[C@H]4CN(C(=O)CCN(C)C)C5)nc3c2C(C)C)cn2ncnc2c1C. The van der Waals surface area contributed by atoms with Gasteiger partial charge in [0.1, 0.15) is 12.1 Å². The number of aromatic amines is 1. The molecular weight excluding hydrogens is 488 g/mol. The summed E-state index contributed by atoms with van der Waals surface area (Å²) in [7, 11) is 4.04. The molecule has 206 valence electrons. The van der Waals surface area contributed by atoms with E-state index in [1.165, 1.54) is 11.1 Å². The summed E-state index contributed by atoms with van der Waals surface area (Å²) in [5, 5.41) is 4.42. The average molecular weight is 529 g/mol. The van der Waals surface area contributed by atoms with E-state index < -0.39 is 0 Å². The Morgan fingerprint density at radius 2 is 1.97 bits per heavy atom. The molecule has 0 aliphatic carbocycles. The summed E-state index contributed by atoms with van der Waals surface area (Å²) in [5.74, 6) is 2.09. The van der Waals surface area contributed by atoms with Crippen LogP contribution in [0.3, 0.4) is 0 Å². The van der Waals surface area contributed by atoms with E-state index in [-0.39, 0.29) is 17.9 Å². The number of carbonyl (C=O) groups excluding carboxylic acids is 1. The first-order valence-corrected chi connectivity index (χ1v) is 14.2. The van der Waals surface area contributed by atoms with Gasteiger partial charge in [-0.1, -0.05) is 20.8 Å². The zero-order valence-corrected chi connectivity index (χ0v) is 24.2. The highest BCUT2D eigenvalue weighted by atomic mass is 16.2. The van der Waals surface area contributed by atoms with Gasteiger partial charge in [0, 0.05) is 49.4 Å². The second-order valence-corrected chi connectivity index (χ2v) is 12.1. The normalized spacial score (nSPS) is 21.3. The van der Waals surface area contributed by atoms with Gasteiger partial charge in [0.05, 0.1) is 22.8 Å². The fourth-order valence-electron chi connectivity index (χ4n) is 6.72. The number of H-pyrrole nitrogens is 1. The third-order valence-corrected chi connectivity index (χ3v) is 8.92. The maximum Gasteiger partial charge on any atom is 0.223 e. The van der Waals surface area contributed by atoms with Crippen molar-refractivity contribution in [2.75, 3.05) is 38.6 Å². The number of piperazine rings is 1. The molecule has 2 aliphatic heterocycles. The predicted octanol–water partition coefficient (Wildman–Crippen LogP) is 4.39. The van der Waals surface area contributed by atoms with Crippen molar-refractivity contribution >= 4 is 28.4 Å². The quantitative estimate of drug-likeness (QED) is 0.400. The van der Waals surface area contributed by atoms with Gasteiger partial charge in [-0.25, -0.2) is 14.5 Å². The van der Waals surface area contributed by atoms with E-state index in [9.17, 15) is 4.79 Å². The highest BCUT2D eigenvalue weighted by Gasteiger charge is 2.46. The van der Waals surface area contributed by atoms with Crippen LogP contribution in [0.5, 0.6) is 0 Å². The van der Waals surface area contributed by atoms with Gasteiger partial charge in [-0.3, -0.25) is 4.79 Å². The Bertz CT molecular complexity index is 1550. The Morgan fingerprint density at radius 3 is 2.69 bits per heavy atom. The summed E-state index contributed by atoms with van der Waals surface area (Å²) in [6.07, 6.45) is 5.36. The molecule has 2 fully saturated rings. The molecule has 0 spiro atoms. The molecule has 4 aromatic rings. The zero-order valence-electron chi connectivity index (χ0n) is 24.2. The van der Waals surface area contributed by atoms with Crippen molar-refractivity contribution in [1.82, 2.24) is 34.4 Å². The lowest BCUT2D eigenvalue weighted by Gasteiger charge is -2.42. The van der Waals surface area contributed by atoms with Crippen molar-refractivity contribution < 1.29 is 4.79 Å². The molecule has 6 heterocycles. The van der Waals surface area contributed by atoms with Crippen LogP contribution in [0.1, 0.15) is 56.2 Å². The topological polar surface area (TPSA) is 85.7 Å². The van der Waals surface area contributed by atoms with Gasteiger partial charge >= 0.3 is 0 Å². The first kappa shape index (κ1) is 25.8. The molecule has 39 heavy (non-hydrogen) atoms. The molecule has 6 rings (SSSR count). The molecule has 4 aromatic heterocycles. The van der Waals surface area contributed by atoms with Gasteiger partial charge in [0.2, 0.25) is 5.91 Å². The highest BCUT2D eigenvalue weighted by Crippen LogP contribution is 2.41. The number of nitrogens with one attached hydrogen (secondary N) is 1. The van der Waals surface area contributed by atoms with Crippen LogP contribution in [0.25, 0.3) is 27.9 Å². The minimum Gasteiger partial charge on any atom is -0.353 e. The average Bonchev–Trinajstić information content (AvgIpc) is 3.57. The Hall–Kier alpha value is -3.46. The van der Waals surface area contributed by atoms with E-state index in [0.29, 0.717) is 18.4 Å². The van der Waals surface area contributed by atoms with Crippen molar-refractivity contribution in [2.45, 2.75) is 65.5 Å². The maximum absolute atomic E-state index is 13.0. The highest BCUT2D eigenvalue weighted by molar-refractivity contribution is 5.90. The van der Waals surface area contributed by atoms with Gasteiger partial charge in [0.15, 0.2) is 5.65 Å². The third-order valence-electron chi connectivity index (χ3n) is 8.92. The van der Waals surface area contributed by atoms with Crippen LogP contribution < -0.4 is 4.90 Å². The number of amides is 1.